The number of hydrogen-bond acceptors (Lipinski definition) is 5. The van der Waals surface area contributed by atoms with Gasteiger partial charge in [0.2, 0.25) is 0 Å². The number of carbonyl (C=O) groups excluding carboxylic acids is 2. The molecule has 22 heavy (non-hydrogen) atoms. The van der Waals surface area contributed by atoms with E-state index in [0.717, 1.165) is 12.8 Å². The normalized spacial score (nSPS) is 11.9. The van der Waals surface area contributed by atoms with E-state index in [9.17, 15) is 14.7 Å². The van der Waals surface area contributed by atoms with Crippen LogP contribution in [0.2, 0.25) is 0 Å². The third kappa shape index (κ3) is 16.0. The van der Waals surface area contributed by atoms with E-state index >= 15 is 0 Å². The molecule has 0 saturated carbocycles. The summed E-state index contributed by atoms with van der Waals surface area (Å²) in [7, 11) is 0. The predicted octanol–water partition coefficient (Wildman–Crippen LogP) is -0.955. The molecule has 0 bridgehead atoms. The SMILES string of the molecule is CCCCCCCCCC=COC(=O)CC[C@H](N)C(=O)[O-].[Na+]. The molecule has 0 aromatic heterocycles. The largest absolute Gasteiger partial charge is 1.00 e. The molecule has 0 aliphatic rings. The van der Waals surface area contributed by atoms with Crippen LogP contribution in [-0.4, -0.2) is 18.0 Å². The summed E-state index contributed by atoms with van der Waals surface area (Å²) in [6, 6.07) is -1.12. The molecule has 1 atom stereocenters. The Balaban J connectivity index is 0. The molecule has 0 heterocycles. The van der Waals surface area contributed by atoms with Crippen LogP contribution >= 0.6 is 0 Å². The number of carboxylic acids is 1. The van der Waals surface area contributed by atoms with Gasteiger partial charge in [0.15, 0.2) is 0 Å². The number of unbranched alkanes of at least 4 members (excludes halogenated alkanes) is 7. The van der Waals surface area contributed by atoms with Crippen LogP contribution in [-0.2, 0) is 14.3 Å². The Labute approximate surface area is 156 Å². The zero-order chi connectivity index (χ0) is 15.9. The number of carboxylic acid groups (broad SMARTS) is 1. The number of carbonyl (C=O) groups is 2. The van der Waals surface area contributed by atoms with Gasteiger partial charge in [0.1, 0.15) is 0 Å². The number of hydrogen-bond donors (Lipinski definition) is 1. The van der Waals surface area contributed by atoms with E-state index in [4.69, 9.17) is 10.5 Å². The quantitative estimate of drug-likeness (QED) is 0.204. The number of nitrogens with two attached hydrogens (primary N) is 1. The van der Waals surface area contributed by atoms with E-state index in [-0.39, 0.29) is 42.4 Å². The Kier molecular flexibility index (Phi) is 18.5. The van der Waals surface area contributed by atoms with Gasteiger partial charge in [-0.05, 0) is 25.3 Å². The maximum atomic E-state index is 11.3. The van der Waals surface area contributed by atoms with Crippen molar-refractivity contribution in [3.8, 4) is 0 Å². The van der Waals surface area contributed by atoms with E-state index in [0.29, 0.717) is 0 Å². The molecule has 6 heteroatoms. The summed E-state index contributed by atoms with van der Waals surface area (Å²) in [6.07, 6.45) is 12.9. The van der Waals surface area contributed by atoms with Gasteiger partial charge in [-0.1, -0.05) is 45.4 Å². The molecule has 0 amide bonds. The average molecular weight is 321 g/mol. The second kappa shape index (κ2) is 17.0. The first-order valence-electron chi connectivity index (χ1n) is 7.88. The van der Waals surface area contributed by atoms with Crippen LogP contribution in [0, 0.1) is 0 Å². The van der Waals surface area contributed by atoms with E-state index < -0.39 is 18.0 Å². The molecule has 5 nitrogen and oxygen atoms in total. The summed E-state index contributed by atoms with van der Waals surface area (Å²) in [6.45, 7) is 2.21. The fourth-order valence-corrected chi connectivity index (χ4v) is 1.86. The van der Waals surface area contributed by atoms with Gasteiger partial charge in [0, 0.05) is 12.5 Å². The minimum absolute atomic E-state index is 0. The van der Waals surface area contributed by atoms with Crippen LogP contribution in [0.1, 0.15) is 71.1 Å². The second-order valence-corrected chi connectivity index (χ2v) is 5.24. The van der Waals surface area contributed by atoms with Crippen molar-refractivity contribution in [3.05, 3.63) is 12.3 Å². The predicted molar refractivity (Wildman–Crippen MR) is 80.1 cm³/mol. The molecule has 0 radical (unpaired) electrons. The maximum Gasteiger partial charge on any atom is 1.00 e. The molecule has 0 unspecified atom stereocenters. The van der Waals surface area contributed by atoms with Gasteiger partial charge in [-0.2, -0.15) is 0 Å². The number of aliphatic carboxylic acids is 1. The fraction of sp³-hybridized carbons (Fsp3) is 0.750. The van der Waals surface area contributed by atoms with Crippen LogP contribution in [0.4, 0.5) is 0 Å². The summed E-state index contributed by atoms with van der Waals surface area (Å²) in [5.41, 5.74) is 5.23. The zero-order valence-corrected chi connectivity index (χ0v) is 16.0. The molecular formula is C16H28NNaO4. The summed E-state index contributed by atoms with van der Waals surface area (Å²) in [4.78, 5) is 21.6. The molecule has 0 aromatic rings. The summed E-state index contributed by atoms with van der Waals surface area (Å²) >= 11 is 0. The second-order valence-electron chi connectivity index (χ2n) is 5.24. The molecule has 0 aliphatic heterocycles. The van der Waals surface area contributed by atoms with Crippen molar-refractivity contribution in [1.82, 2.24) is 0 Å². The smallest absolute Gasteiger partial charge is 0.548 e. The standard InChI is InChI=1S/C16H29NO4.Na/c1-2-3-4-5-6-7-8-9-10-13-21-15(18)12-11-14(17)16(19)20;/h10,13-14H,2-9,11-12,17H2,1H3,(H,19,20);/q;+1/p-1/t14-;/m0./s1. The number of allylic oxidation sites excluding steroid dienone is 1. The van der Waals surface area contributed by atoms with E-state index in [1.54, 1.807) is 0 Å². The molecule has 0 saturated heterocycles. The molecule has 2 N–H and O–H groups in total. The number of esters is 1. The minimum Gasteiger partial charge on any atom is -0.548 e. The maximum absolute atomic E-state index is 11.3. The van der Waals surface area contributed by atoms with Gasteiger partial charge in [-0.3, -0.25) is 4.79 Å². The van der Waals surface area contributed by atoms with Crippen LogP contribution in [0.3, 0.4) is 0 Å². The first kappa shape index (κ1) is 23.9. The monoisotopic (exact) mass is 321 g/mol. The molecule has 0 rings (SSSR count). The van der Waals surface area contributed by atoms with Crippen molar-refractivity contribution in [3.63, 3.8) is 0 Å². The molecule has 0 fully saturated rings. The van der Waals surface area contributed by atoms with Crippen molar-refractivity contribution in [2.24, 2.45) is 5.73 Å². The summed E-state index contributed by atoms with van der Waals surface area (Å²) in [5, 5.41) is 10.4. The average Bonchev–Trinajstić information content (AvgIpc) is 2.46. The van der Waals surface area contributed by atoms with Crippen molar-refractivity contribution < 1.29 is 49.0 Å². The molecule has 0 aromatic carbocycles. The van der Waals surface area contributed by atoms with Gasteiger partial charge < -0.3 is 20.4 Å². The van der Waals surface area contributed by atoms with Crippen LogP contribution in [0.5, 0.6) is 0 Å². The van der Waals surface area contributed by atoms with E-state index in [1.165, 1.54) is 44.8 Å². The van der Waals surface area contributed by atoms with Gasteiger partial charge in [0.05, 0.1) is 12.2 Å². The van der Waals surface area contributed by atoms with Crippen LogP contribution < -0.4 is 40.4 Å². The van der Waals surface area contributed by atoms with Crippen molar-refractivity contribution in [2.75, 3.05) is 0 Å². The van der Waals surface area contributed by atoms with Gasteiger partial charge in [0.25, 0.3) is 0 Å². The summed E-state index contributed by atoms with van der Waals surface area (Å²) in [5.74, 6) is -1.82. The molecular weight excluding hydrogens is 293 g/mol. The van der Waals surface area contributed by atoms with Crippen LogP contribution in [0.25, 0.3) is 0 Å². The first-order valence-corrected chi connectivity index (χ1v) is 7.88. The van der Waals surface area contributed by atoms with Gasteiger partial charge in [-0.25, -0.2) is 0 Å². The summed E-state index contributed by atoms with van der Waals surface area (Å²) < 4.78 is 4.84. The third-order valence-electron chi connectivity index (χ3n) is 3.23. The Morgan fingerprint density at radius 3 is 2.32 bits per heavy atom. The zero-order valence-electron chi connectivity index (χ0n) is 14.0. The topological polar surface area (TPSA) is 92.5 Å². The number of rotatable bonds is 13. The fourth-order valence-electron chi connectivity index (χ4n) is 1.86. The van der Waals surface area contributed by atoms with Gasteiger partial charge >= 0.3 is 35.5 Å². The van der Waals surface area contributed by atoms with Crippen LogP contribution in [0.15, 0.2) is 12.3 Å². The van der Waals surface area contributed by atoms with Crippen molar-refractivity contribution >= 4 is 11.9 Å². The van der Waals surface area contributed by atoms with Gasteiger partial charge in [-0.15, -0.1) is 0 Å². The first-order chi connectivity index (χ1) is 10.1. The molecule has 122 valence electrons. The third-order valence-corrected chi connectivity index (χ3v) is 3.23. The Morgan fingerprint density at radius 2 is 1.73 bits per heavy atom. The Bertz CT molecular complexity index is 321. The Hall–Kier alpha value is -0.360. The number of ether oxygens (including phenoxy) is 1. The van der Waals surface area contributed by atoms with Crippen molar-refractivity contribution in [1.29, 1.82) is 0 Å². The Morgan fingerprint density at radius 1 is 1.14 bits per heavy atom. The molecule has 0 aliphatic carbocycles. The minimum atomic E-state index is -1.35. The van der Waals surface area contributed by atoms with Crippen molar-refractivity contribution in [2.45, 2.75) is 77.2 Å². The van der Waals surface area contributed by atoms with E-state index in [2.05, 4.69) is 6.92 Å². The molecule has 0 spiro atoms. The van der Waals surface area contributed by atoms with E-state index in [1.807, 2.05) is 6.08 Å².